The van der Waals surface area contributed by atoms with Gasteiger partial charge in [0.15, 0.2) is 0 Å². The minimum atomic E-state index is 0. The first-order valence-corrected chi connectivity index (χ1v) is 1.52. The second kappa shape index (κ2) is 12.3. The number of hydrogen-bond acceptors (Lipinski definition) is 1. The predicted octanol–water partition coefficient (Wildman–Crippen LogP) is 0.389. The minimum absolute atomic E-state index is 0. The summed E-state index contributed by atoms with van der Waals surface area (Å²) in [6.45, 7) is 2.25. The maximum Gasteiger partial charge on any atom is 0.0428 e. The van der Waals surface area contributed by atoms with Gasteiger partial charge in [-0.3, -0.25) is 0 Å². The third kappa shape index (κ3) is 1700. The fourth-order valence-corrected chi connectivity index (χ4v) is 0. The fraction of sp³-hybridized carbons (Fsp3) is 1.00. The van der Waals surface area contributed by atoms with Crippen LogP contribution in [0.25, 0.3) is 0 Å². The molecule has 0 bridgehead atoms. The van der Waals surface area contributed by atoms with E-state index in [0.717, 1.165) is 6.42 Å². The van der Waals surface area contributed by atoms with Crippen molar-refractivity contribution in [1.82, 2.24) is 0 Å². The van der Waals surface area contributed by atoms with Crippen LogP contribution in [-0.4, -0.2) is 11.7 Å². The van der Waals surface area contributed by atoms with Crippen LogP contribution in [0.15, 0.2) is 0 Å². The van der Waals surface area contributed by atoms with Crippen LogP contribution in [-0.2, 0) is 0 Å². The molecule has 0 aromatic carbocycles. The van der Waals surface area contributed by atoms with Gasteiger partial charge in [0.1, 0.15) is 0 Å². The Morgan fingerprint density at radius 2 is 1.80 bits per heavy atom. The largest absolute Gasteiger partial charge is 0.396 e. The molecule has 0 aliphatic rings. The van der Waals surface area contributed by atoms with Crippen LogP contribution in [0.4, 0.5) is 0 Å². The van der Waals surface area contributed by atoms with Crippen molar-refractivity contribution in [2.24, 2.45) is 0 Å². The molecule has 0 fully saturated rings. The monoisotopic (exact) mass is 327 g/mol. The predicted molar refractivity (Wildman–Crippen MR) is 17.4 cm³/mol. The standard InChI is InChI=1S/C3H8O.Rf/c1-2-3-4;/h4H,2-3H2,1H3;. The second-order valence-electron chi connectivity index (χ2n) is 0.724. The average molecular weight is 327 g/mol. The van der Waals surface area contributed by atoms with Gasteiger partial charge in [-0.15, -0.1) is 0 Å². The smallest absolute Gasteiger partial charge is 0.0428 e. The van der Waals surface area contributed by atoms with Crippen molar-refractivity contribution in [2.75, 3.05) is 6.61 Å². The van der Waals surface area contributed by atoms with Gasteiger partial charge in [0, 0.05) is 6.61 Å². The molecule has 0 radical (unpaired) electrons. The summed E-state index contributed by atoms with van der Waals surface area (Å²) in [5, 5.41) is 7.88. The molecule has 5 heavy (non-hydrogen) atoms. The second-order valence-corrected chi connectivity index (χ2v) is 0.724. The zero-order chi connectivity index (χ0) is 3.41. The molecule has 0 saturated carbocycles. The number of hydrogen-bond donors (Lipinski definition) is 1. The van der Waals surface area contributed by atoms with Gasteiger partial charge in [0.2, 0.25) is 0 Å². The average Bonchev–Trinajstić information content (AvgIpc) is 1.37. The van der Waals surface area contributed by atoms with E-state index in [4.69, 9.17) is 5.11 Å². The third-order valence-corrected chi connectivity index (χ3v) is 0.224. The summed E-state index contributed by atoms with van der Waals surface area (Å²) in [7, 11) is 0. The maximum absolute atomic E-state index is 7.88. The van der Waals surface area contributed by atoms with Crippen molar-refractivity contribution in [3.05, 3.63) is 0 Å². The topological polar surface area (TPSA) is 20.2 Å². The van der Waals surface area contributed by atoms with Crippen molar-refractivity contribution in [2.45, 2.75) is 13.3 Å². The van der Waals surface area contributed by atoms with E-state index in [9.17, 15) is 0 Å². The summed E-state index contributed by atoms with van der Waals surface area (Å²) in [5.74, 6) is 0. The van der Waals surface area contributed by atoms with Crippen molar-refractivity contribution in [1.29, 1.82) is 0 Å². The van der Waals surface area contributed by atoms with Crippen molar-refractivity contribution < 1.29 is 5.11 Å². The molecule has 0 heterocycles. The molecule has 0 spiro atoms. The molecule has 0 rings (SSSR count). The van der Waals surface area contributed by atoms with Crippen LogP contribution in [0.3, 0.4) is 0 Å². The Bertz CT molecular complexity index is 8.85. The summed E-state index contributed by atoms with van der Waals surface area (Å²) in [6, 6.07) is 0. The molecular weight excluding hydrogens is 319 g/mol. The van der Waals surface area contributed by atoms with E-state index in [1.165, 1.54) is 0 Å². The molecule has 1 N–H and O–H groups in total. The first-order valence-electron chi connectivity index (χ1n) is 1.52. The van der Waals surface area contributed by atoms with Crippen molar-refractivity contribution in [3.63, 3.8) is 0 Å². The van der Waals surface area contributed by atoms with Crippen molar-refractivity contribution in [3.8, 4) is 0 Å². The molecule has 0 aliphatic carbocycles. The molecule has 1 nitrogen and oxygen atoms in total. The molecule has 28 valence electrons. The summed E-state index contributed by atoms with van der Waals surface area (Å²) in [6.07, 6.45) is 0.875. The Balaban J connectivity index is 0. The Labute approximate surface area is 26.3 Å². The van der Waals surface area contributed by atoms with Crippen LogP contribution < -0.4 is 0 Å². The molecule has 0 amide bonds. The summed E-state index contributed by atoms with van der Waals surface area (Å²) >= 11 is 0. The van der Waals surface area contributed by atoms with E-state index < -0.39 is 0 Å². The number of aliphatic hydroxyl groups excluding tert-OH is 1. The van der Waals surface area contributed by atoms with Crippen LogP contribution in [0.5, 0.6) is 0 Å². The van der Waals surface area contributed by atoms with E-state index in [0.29, 0.717) is 6.61 Å². The summed E-state index contributed by atoms with van der Waals surface area (Å²) in [4.78, 5) is 0. The van der Waals surface area contributed by atoms with Gasteiger partial charge in [0.05, 0.1) is 0 Å². The minimum Gasteiger partial charge on any atom is -0.396 e. The maximum atomic E-state index is 7.88. The van der Waals surface area contributed by atoms with Crippen LogP contribution in [0.2, 0.25) is 0 Å². The number of rotatable bonds is 1. The Kier molecular flexibility index (Phi) is 22.3. The van der Waals surface area contributed by atoms with Gasteiger partial charge >= 0.3 is 0 Å². The van der Waals surface area contributed by atoms with Gasteiger partial charge in [-0.1, -0.05) is 6.92 Å². The quantitative estimate of drug-likeness (QED) is 0.739. The molecular formula is C3H8ORf. The van der Waals surface area contributed by atoms with Gasteiger partial charge in [0.25, 0.3) is 0 Å². The van der Waals surface area contributed by atoms with Crippen molar-refractivity contribution >= 4 is 0 Å². The van der Waals surface area contributed by atoms with E-state index in [2.05, 4.69) is 0 Å². The van der Waals surface area contributed by atoms with Gasteiger partial charge in [-0.25, -0.2) is 0 Å². The first-order chi connectivity index (χ1) is 1.91. The van der Waals surface area contributed by atoms with Crippen LogP contribution in [0, 0.1) is 0 Å². The molecule has 0 saturated heterocycles. The molecule has 0 aromatic heterocycles. The van der Waals surface area contributed by atoms with Gasteiger partial charge in [-0.2, -0.15) is 0 Å². The number of aliphatic hydroxyl groups is 1. The van der Waals surface area contributed by atoms with E-state index in [1.54, 1.807) is 0 Å². The van der Waals surface area contributed by atoms with E-state index in [-0.39, 0.29) is 0 Å². The van der Waals surface area contributed by atoms with Gasteiger partial charge < -0.3 is 5.11 Å². The molecule has 0 aliphatic heterocycles. The van der Waals surface area contributed by atoms with E-state index >= 15 is 0 Å². The fourth-order valence-electron chi connectivity index (χ4n) is 0. The third-order valence-electron chi connectivity index (χ3n) is 0.224. The van der Waals surface area contributed by atoms with Gasteiger partial charge in [-0.05, 0) is 6.42 Å². The molecule has 0 unspecified atom stereocenters. The van der Waals surface area contributed by atoms with E-state index in [1.807, 2.05) is 6.92 Å². The molecule has 0 atom stereocenters. The Morgan fingerprint density at radius 1 is 1.60 bits per heavy atom. The normalized spacial score (nSPS) is 6.00. The molecule has 2 heteroatoms. The zero-order valence-electron chi connectivity index (χ0n) is 3.57. The Morgan fingerprint density at radius 3 is 1.80 bits per heavy atom. The van der Waals surface area contributed by atoms with Crippen LogP contribution >= 0.6 is 0 Å². The Hall–Kier alpha value is -1.04. The SMILES string of the molecule is CCCO.[Rf]. The van der Waals surface area contributed by atoms with Crippen LogP contribution in [0.1, 0.15) is 13.3 Å². The molecule has 0 aromatic rings. The summed E-state index contributed by atoms with van der Waals surface area (Å²) in [5.41, 5.74) is 0. The summed E-state index contributed by atoms with van der Waals surface area (Å²) < 4.78 is 0. The first kappa shape index (κ1) is 9.03. The zero-order valence-corrected chi connectivity index (χ0v) is 9.97.